The van der Waals surface area contributed by atoms with Gasteiger partial charge in [-0.05, 0) is 30.2 Å². The zero-order valence-corrected chi connectivity index (χ0v) is 17.1. The van der Waals surface area contributed by atoms with Crippen LogP contribution in [0.15, 0.2) is 54.6 Å². The highest BCUT2D eigenvalue weighted by atomic mass is 32.2. The number of ether oxygens (including phenoxy) is 2. The maximum Gasteiger partial charge on any atom is 0.321 e. The van der Waals surface area contributed by atoms with Crippen molar-refractivity contribution in [1.82, 2.24) is 5.32 Å². The number of amides is 2. The van der Waals surface area contributed by atoms with Crippen LogP contribution in [0.25, 0.3) is 0 Å². The Morgan fingerprint density at radius 2 is 2.03 bits per heavy atom. The van der Waals surface area contributed by atoms with Crippen LogP contribution in [0, 0.1) is 6.92 Å². The van der Waals surface area contributed by atoms with Crippen molar-refractivity contribution < 1.29 is 23.0 Å². The minimum Gasteiger partial charge on any atom is -0.373 e. The Bertz CT molecular complexity index is 777. The monoisotopic (exact) mass is 418 g/mol. The fraction of sp³-hybridized carbons (Fsp3) is 0.381. The van der Waals surface area contributed by atoms with Gasteiger partial charge in [0.15, 0.2) is 12.3 Å². The minimum absolute atomic E-state index is 0.106. The molecule has 0 saturated carbocycles. The van der Waals surface area contributed by atoms with Crippen molar-refractivity contribution in [3.05, 3.63) is 65.7 Å². The molecule has 156 valence electrons. The largest absolute Gasteiger partial charge is 0.373 e. The second-order valence-corrected chi connectivity index (χ2v) is 7.35. The minimum atomic E-state index is -0.522. The van der Waals surface area contributed by atoms with Gasteiger partial charge in [-0.25, -0.2) is 4.79 Å². The zero-order valence-electron chi connectivity index (χ0n) is 16.2. The molecular weight excluding hydrogens is 392 g/mol. The number of benzene rings is 2. The Morgan fingerprint density at radius 1 is 1.21 bits per heavy atom. The van der Waals surface area contributed by atoms with Gasteiger partial charge in [-0.2, -0.15) is 0 Å². The Kier molecular flexibility index (Phi) is 8.33. The lowest BCUT2D eigenvalue weighted by Crippen LogP contribution is -2.48. The van der Waals surface area contributed by atoms with Crippen LogP contribution >= 0.6 is 12.3 Å². The first-order valence-corrected chi connectivity index (χ1v) is 10.2. The fourth-order valence-electron chi connectivity index (χ4n) is 3.24. The predicted molar refractivity (Wildman–Crippen MR) is 112 cm³/mol. The molecule has 1 fully saturated rings. The number of nitrogens with one attached hydrogen (secondary N) is 2. The summed E-state index contributed by atoms with van der Waals surface area (Å²) in [6.07, 6.45) is 0.215. The first kappa shape index (κ1) is 21.6. The number of hydrogen-bond acceptors (Lipinski definition) is 6. The molecule has 3 rings (SSSR count). The molecule has 0 radical (unpaired) electrons. The summed E-state index contributed by atoms with van der Waals surface area (Å²) in [4.78, 5) is 12.4. The summed E-state index contributed by atoms with van der Waals surface area (Å²) in [5.41, 5.74) is 2.86. The molecule has 1 heterocycles. The van der Waals surface area contributed by atoms with Gasteiger partial charge in [-0.15, -0.1) is 0 Å². The van der Waals surface area contributed by atoms with Gasteiger partial charge in [0.1, 0.15) is 6.23 Å². The van der Waals surface area contributed by atoms with Crippen molar-refractivity contribution in [2.45, 2.75) is 44.8 Å². The highest BCUT2D eigenvalue weighted by Gasteiger charge is 2.31. The third-order valence-corrected chi connectivity index (χ3v) is 4.80. The standard InChI is InChI=1S/C21H26N2O5S/c1-15-6-5-9-17(10-15)22-21(24)23-20-12-18(11-19(28-20)14-27-29-25)26-13-16-7-3-2-4-8-16/h2-10,18-20,25H,11-14H2,1H3,(H2,22,23,24). The molecule has 7 nitrogen and oxygen atoms in total. The predicted octanol–water partition coefficient (Wildman–Crippen LogP) is 4.34. The van der Waals surface area contributed by atoms with Gasteiger partial charge in [-0.3, -0.25) is 4.18 Å². The number of carbonyl (C=O) groups excluding carboxylic acids is 1. The van der Waals surface area contributed by atoms with E-state index in [-0.39, 0.29) is 24.8 Å². The first-order valence-electron chi connectivity index (χ1n) is 9.50. The van der Waals surface area contributed by atoms with Crippen molar-refractivity contribution >= 4 is 24.0 Å². The van der Waals surface area contributed by atoms with Gasteiger partial charge in [0.2, 0.25) is 0 Å². The Balaban J connectivity index is 1.56. The van der Waals surface area contributed by atoms with E-state index in [9.17, 15) is 4.79 Å². The molecule has 2 amide bonds. The van der Waals surface area contributed by atoms with Crippen LogP contribution in [0.3, 0.4) is 0 Å². The maximum atomic E-state index is 12.4. The molecule has 2 aromatic rings. The lowest BCUT2D eigenvalue weighted by atomic mass is 10.0. The number of anilines is 1. The molecule has 3 atom stereocenters. The third-order valence-electron chi connectivity index (χ3n) is 4.56. The van der Waals surface area contributed by atoms with E-state index < -0.39 is 6.23 Å². The molecule has 29 heavy (non-hydrogen) atoms. The number of urea groups is 1. The molecule has 0 bridgehead atoms. The Hall–Kier alpha value is -2.10. The molecule has 8 heteroatoms. The first-order chi connectivity index (χ1) is 14.1. The van der Waals surface area contributed by atoms with Crippen LogP contribution < -0.4 is 10.6 Å². The lowest BCUT2D eigenvalue weighted by Gasteiger charge is -2.35. The SMILES string of the molecule is Cc1cccc(NC(=O)NC2CC(OCc3ccccc3)CC(COSO)O2)c1. The van der Waals surface area contributed by atoms with E-state index >= 15 is 0 Å². The summed E-state index contributed by atoms with van der Waals surface area (Å²) in [6, 6.07) is 17.1. The van der Waals surface area contributed by atoms with Crippen LogP contribution in [-0.2, 0) is 20.3 Å². The molecule has 1 aliphatic rings. The summed E-state index contributed by atoms with van der Waals surface area (Å²) in [5.74, 6) is 0. The molecule has 3 N–H and O–H groups in total. The Labute approximate surface area is 175 Å². The average molecular weight is 419 g/mol. The van der Waals surface area contributed by atoms with Crippen LogP contribution in [0.1, 0.15) is 24.0 Å². The normalized spacial score (nSPS) is 21.5. The summed E-state index contributed by atoms with van der Waals surface area (Å²) >= 11 is 0.304. The quantitative estimate of drug-likeness (QED) is 0.553. The lowest BCUT2D eigenvalue weighted by molar-refractivity contribution is -0.133. The summed E-state index contributed by atoms with van der Waals surface area (Å²) in [7, 11) is 0. The molecular formula is C21H26N2O5S. The van der Waals surface area contributed by atoms with Gasteiger partial charge in [0, 0.05) is 18.5 Å². The molecule has 3 unspecified atom stereocenters. The molecule has 0 aromatic heterocycles. The maximum absolute atomic E-state index is 12.4. The van der Waals surface area contributed by atoms with Crippen molar-refractivity contribution in [2.24, 2.45) is 0 Å². The molecule has 2 aromatic carbocycles. The topological polar surface area (TPSA) is 89.1 Å². The van der Waals surface area contributed by atoms with Crippen LogP contribution in [0.5, 0.6) is 0 Å². The number of hydrogen-bond donors (Lipinski definition) is 3. The summed E-state index contributed by atoms with van der Waals surface area (Å²) in [5, 5.41) is 5.66. The van der Waals surface area contributed by atoms with E-state index in [2.05, 4.69) is 10.6 Å². The molecule has 0 aliphatic carbocycles. The highest BCUT2D eigenvalue weighted by molar-refractivity contribution is 7.88. The second-order valence-electron chi connectivity index (χ2n) is 6.96. The van der Waals surface area contributed by atoms with E-state index in [4.69, 9.17) is 18.2 Å². The van der Waals surface area contributed by atoms with Crippen LogP contribution in [-0.4, -0.2) is 35.6 Å². The highest BCUT2D eigenvalue weighted by Crippen LogP contribution is 2.23. The van der Waals surface area contributed by atoms with E-state index in [1.54, 1.807) is 0 Å². The zero-order chi connectivity index (χ0) is 20.5. The molecule has 1 saturated heterocycles. The van der Waals surface area contributed by atoms with Crippen LogP contribution in [0.2, 0.25) is 0 Å². The van der Waals surface area contributed by atoms with E-state index in [0.29, 0.717) is 37.5 Å². The van der Waals surface area contributed by atoms with Gasteiger partial charge in [-0.1, -0.05) is 42.5 Å². The smallest absolute Gasteiger partial charge is 0.321 e. The summed E-state index contributed by atoms with van der Waals surface area (Å²) < 4.78 is 25.8. The van der Waals surface area contributed by atoms with Crippen molar-refractivity contribution in [3.63, 3.8) is 0 Å². The van der Waals surface area contributed by atoms with E-state index in [1.165, 1.54) is 0 Å². The average Bonchev–Trinajstić information content (AvgIpc) is 2.71. The van der Waals surface area contributed by atoms with Crippen LogP contribution in [0.4, 0.5) is 10.5 Å². The van der Waals surface area contributed by atoms with Gasteiger partial charge >= 0.3 is 6.03 Å². The van der Waals surface area contributed by atoms with E-state index in [0.717, 1.165) is 11.1 Å². The van der Waals surface area contributed by atoms with Gasteiger partial charge < -0.3 is 24.7 Å². The second kappa shape index (κ2) is 11.2. The van der Waals surface area contributed by atoms with E-state index in [1.807, 2.05) is 61.5 Å². The number of carbonyl (C=O) groups is 1. The Morgan fingerprint density at radius 3 is 2.79 bits per heavy atom. The van der Waals surface area contributed by atoms with Crippen molar-refractivity contribution in [2.75, 3.05) is 11.9 Å². The molecule has 0 spiro atoms. The summed E-state index contributed by atoms with van der Waals surface area (Å²) in [6.45, 7) is 2.64. The third kappa shape index (κ3) is 7.34. The number of rotatable bonds is 8. The van der Waals surface area contributed by atoms with Crippen molar-refractivity contribution in [1.29, 1.82) is 0 Å². The number of aryl methyl sites for hydroxylation is 1. The fourth-order valence-corrected chi connectivity index (χ4v) is 3.45. The van der Waals surface area contributed by atoms with Gasteiger partial charge in [0.25, 0.3) is 0 Å². The van der Waals surface area contributed by atoms with Crippen molar-refractivity contribution in [3.8, 4) is 0 Å². The molecule has 1 aliphatic heterocycles. The van der Waals surface area contributed by atoms with Gasteiger partial charge in [0.05, 0.1) is 25.4 Å².